The first-order valence-corrected chi connectivity index (χ1v) is 9.95. The number of carbonyl (C=O) groups is 2. The second-order valence-corrected chi connectivity index (χ2v) is 7.42. The van der Waals surface area contributed by atoms with Crippen LogP contribution in [0.4, 0.5) is 17.1 Å². The third kappa shape index (κ3) is 3.94. The number of amides is 2. The number of anilines is 3. The fraction of sp³-hybridized carbons (Fsp3) is 0.300. The standard InChI is InChI=1S/C20H21N3O3S/c24-19(13-23-17-7-3-4-8-18(17)27-14-20(23)25)21-15-5-1-2-6-16(15)22-9-11-26-12-10-22/h1-8H,9-14H2,(H,21,24). The SMILES string of the molecule is O=C(CN1C(=O)CSc2ccccc21)Nc1ccccc1N1CCOCC1. The van der Waals surface area contributed by atoms with E-state index in [4.69, 9.17) is 4.74 Å². The molecule has 2 aliphatic heterocycles. The van der Waals surface area contributed by atoms with Crippen molar-refractivity contribution in [2.24, 2.45) is 0 Å². The number of nitrogens with one attached hydrogen (secondary N) is 1. The van der Waals surface area contributed by atoms with Crippen molar-refractivity contribution >= 4 is 40.6 Å². The molecule has 7 heteroatoms. The van der Waals surface area contributed by atoms with Crippen LogP contribution in [0.25, 0.3) is 0 Å². The average Bonchev–Trinajstić information content (AvgIpc) is 2.71. The molecule has 0 atom stereocenters. The third-order valence-corrected chi connectivity index (χ3v) is 5.69. The predicted molar refractivity (Wildman–Crippen MR) is 108 cm³/mol. The second-order valence-electron chi connectivity index (χ2n) is 6.40. The number of morpholine rings is 1. The summed E-state index contributed by atoms with van der Waals surface area (Å²) in [5.74, 6) is 0.107. The summed E-state index contributed by atoms with van der Waals surface area (Å²) in [6.45, 7) is 2.95. The molecule has 1 fully saturated rings. The van der Waals surface area contributed by atoms with Crippen LogP contribution in [0.1, 0.15) is 0 Å². The van der Waals surface area contributed by atoms with Crippen LogP contribution in [-0.2, 0) is 14.3 Å². The molecular formula is C20H21N3O3S. The highest BCUT2D eigenvalue weighted by Gasteiger charge is 2.26. The van der Waals surface area contributed by atoms with E-state index in [1.165, 1.54) is 11.8 Å². The monoisotopic (exact) mass is 383 g/mol. The summed E-state index contributed by atoms with van der Waals surface area (Å²) in [4.78, 5) is 29.9. The minimum atomic E-state index is -0.203. The highest BCUT2D eigenvalue weighted by Crippen LogP contribution is 2.35. The van der Waals surface area contributed by atoms with Crippen molar-refractivity contribution in [3.8, 4) is 0 Å². The second kappa shape index (κ2) is 8.02. The summed E-state index contributed by atoms with van der Waals surface area (Å²) in [6.07, 6.45) is 0. The number of ether oxygens (including phenoxy) is 1. The Kier molecular flexibility index (Phi) is 5.31. The molecule has 0 aliphatic carbocycles. The predicted octanol–water partition coefficient (Wildman–Crippen LogP) is 2.60. The van der Waals surface area contributed by atoms with Crippen molar-refractivity contribution in [2.75, 3.05) is 53.7 Å². The summed E-state index contributed by atoms with van der Waals surface area (Å²) in [6, 6.07) is 15.4. The van der Waals surface area contributed by atoms with E-state index >= 15 is 0 Å². The van der Waals surface area contributed by atoms with E-state index in [2.05, 4.69) is 10.2 Å². The van der Waals surface area contributed by atoms with Crippen LogP contribution >= 0.6 is 11.8 Å². The molecule has 2 amide bonds. The Morgan fingerprint density at radius 1 is 1.04 bits per heavy atom. The molecule has 0 radical (unpaired) electrons. The van der Waals surface area contributed by atoms with Crippen LogP contribution in [0.3, 0.4) is 0 Å². The van der Waals surface area contributed by atoms with E-state index < -0.39 is 0 Å². The van der Waals surface area contributed by atoms with Crippen molar-refractivity contribution in [1.29, 1.82) is 0 Å². The number of para-hydroxylation sites is 3. The van der Waals surface area contributed by atoms with Gasteiger partial charge in [-0.15, -0.1) is 11.8 Å². The minimum Gasteiger partial charge on any atom is -0.378 e. The molecule has 27 heavy (non-hydrogen) atoms. The Morgan fingerprint density at radius 3 is 2.56 bits per heavy atom. The highest BCUT2D eigenvalue weighted by molar-refractivity contribution is 8.00. The topological polar surface area (TPSA) is 61.9 Å². The fourth-order valence-corrected chi connectivity index (χ4v) is 4.26. The van der Waals surface area contributed by atoms with E-state index in [-0.39, 0.29) is 18.4 Å². The molecule has 0 saturated carbocycles. The maximum atomic E-state index is 12.7. The van der Waals surface area contributed by atoms with Gasteiger partial charge in [-0.2, -0.15) is 0 Å². The third-order valence-electron chi connectivity index (χ3n) is 4.64. The van der Waals surface area contributed by atoms with Gasteiger partial charge in [0.1, 0.15) is 6.54 Å². The number of hydrogen-bond donors (Lipinski definition) is 1. The molecule has 1 saturated heterocycles. The summed E-state index contributed by atoms with van der Waals surface area (Å²) in [7, 11) is 0. The van der Waals surface area contributed by atoms with Gasteiger partial charge in [0.2, 0.25) is 11.8 Å². The number of rotatable bonds is 4. The molecule has 0 spiro atoms. The van der Waals surface area contributed by atoms with Gasteiger partial charge in [-0.1, -0.05) is 24.3 Å². The van der Waals surface area contributed by atoms with Gasteiger partial charge in [-0.05, 0) is 24.3 Å². The molecule has 140 valence electrons. The van der Waals surface area contributed by atoms with Gasteiger partial charge in [0, 0.05) is 18.0 Å². The Bertz CT molecular complexity index is 852. The van der Waals surface area contributed by atoms with E-state index in [1.54, 1.807) is 4.90 Å². The van der Waals surface area contributed by atoms with E-state index in [1.807, 2.05) is 48.5 Å². The Hall–Kier alpha value is -2.51. The summed E-state index contributed by atoms with van der Waals surface area (Å²) in [5.41, 5.74) is 2.54. The van der Waals surface area contributed by atoms with E-state index in [0.29, 0.717) is 19.0 Å². The van der Waals surface area contributed by atoms with E-state index in [0.717, 1.165) is 35.0 Å². The first-order chi connectivity index (χ1) is 13.2. The molecule has 0 unspecified atom stereocenters. The van der Waals surface area contributed by atoms with Gasteiger partial charge in [0.25, 0.3) is 0 Å². The van der Waals surface area contributed by atoms with Crippen molar-refractivity contribution in [1.82, 2.24) is 0 Å². The molecule has 6 nitrogen and oxygen atoms in total. The maximum Gasteiger partial charge on any atom is 0.244 e. The lowest BCUT2D eigenvalue weighted by molar-refractivity contribution is -0.120. The van der Waals surface area contributed by atoms with Crippen molar-refractivity contribution in [2.45, 2.75) is 4.90 Å². The average molecular weight is 383 g/mol. The van der Waals surface area contributed by atoms with Gasteiger partial charge < -0.3 is 19.9 Å². The summed E-state index contributed by atoms with van der Waals surface area (Å²) >= 11 is 1.51. The smallest absolute Gasteiger partial charge is 0.244 e. The zero-order valence-electron chi connectivity index (χ0n) is 14.9. The van der Waals surface area contributed by atoms with Crippen LogP contribution in [-0.4, -0.2) is 50.4 Å². The largest absolute Gasteiger partial charge is 0.378 e. The normalized spacial score (nSPS) is 16.8. The molecule has 4 rings (SSSR count). The number of hydrogen-bond acceptors (Lipinski definition) is 5. The summed E-state index contributed by atoms with van der Waals surface area (Å²) in [5, 5.41) is 2.98. The number of nitrogens with zero attached hydrogens (tertiary/aromatic N) is 2. The van der Waals surface area contributed by atoms with Crippen LogP contribution < -0.4 is 15.1 Å². The maximum absolute atomic E-state index is 12.7. The fourth-order valence-electron chi connectivity index (χ4n) is 3.32. The zero-order valence-corrected chi connectivity index (χ0v) is 15.7. The Labute approximate surface area is 162 Å². The number of carbonyl (C=O) groups excluding carboxylic acids is 2. The van der Waals surface area contributed by atoms with Gasteiger partial charge in [-0.25, -0.2) is 0 Å². The number of thioether (sulfide) groups is 1. The molecule has 0 aromatic heterocycles. The summed E-state index contributed by atoms with van der Waals surface area (Å²) < 4.78 is 5.41. The lowest BCUT2D eigenvalue weighted by Gasteiger charge is -2.31. The van der Waals surface area contributed by atoms with Gasteiger partial charge in [-0.3, -0.25) is 9.59 Å². The Morgan fingerprint density at radius 2 is 1.74 bits per heavy atom. The first kappa shape index (κ1) is 17.9. The van der Waals surface area contributed by atoms with Crippen LogP contribution in [0.2, 0.25) is 0 Å². The number of benzene rings is 2. The molecule has 0 bridgehead atoms. The van der Waals surface area contributed by atoms with Crippen LogP contribution in [0.5, 0.6) is 0 Å². The van der Waals surface area contributed by atoms with E-state index in [9.17, 15) is 9.59 Å². The number of fused-ring (bicyclic) bond motifs is 1. The van der Waals surface area contributed by atoms with Crippen LogP contribution in [0.15, 0.2) is 53.4 Å². The molecule has 2 aromatic rings. The van der Waals surface area contributed by atoms with Gasteiger partial charge >= 0.3 is 0 Å². The van der Waals surface area contributed by atoms with Gasteiger partial charge in [0.15, 0.2) is 0 Å². The van der Waals surface area contributed by atoms with Crippen molar-refractivity contribution < 1.29 is 14.3 Å². The molecule has 2 aliphatic rings. The quantitative estimate of drug-likeness (QED) is 0.879. The lowest BCUT2D eigenvalue weighted by Crippen LogP contribution is -2.41. The molecule has 2 heterocycles. The minimum absolute atomic E-state index is 0.00779. The molecule has 2 aromatic carbocycles. The zero-order chi connectivity index (χ0) is 18.6. The molecule has 1 N–H and O–H groups in total. The van der Waals surface area contributed by atoms with Crippen molar-refractivity contribution in [3.05, 3.63) is 48.5 Å². The Balaban J connectivity index is 1.50. The first-order valence-electron chi connectivity index (χ1n) is 8.96. The van der Waals surface area contributed by atoms with Gasteiger partial charge in [0.05, 0.1) is 36.0 Å². The highest BCUT2D eigenvalue weighted by atomic mass is 32.2. The van der Waals surface area contributed by atoms with Crippen LogP contribution in [0, 0.1) is 0 Å². The lowest BCUT2D eigenvalue weighted by atomic mass is 10.2. The molecular weight excluding hydrogens is 362 g/mol. The van der Waals surface area contributed by atoms with Crippen molar-refractivity contribution in [3.63, 3.8) is 0 Å².